The molecule has 0 unspecified atom stereocenters. The molecule has 0 saturated carbocycles. The first-order valence-corrected chi connectivity index (χ1v) is 5.29. The van der Waals surface area contributed by atoms with Crippen LogP contribution in [0.25, 0.3) is 0 Å². The van der Waals surface area contributed by atoms with Crippen molar-refractivity contribution >= 4 is 12.0 Å². The first kappa shape index (κ1) is 11.2. The van der Waals surface area contributed by atoms with Crippen LogP contribution in [-0.4, -0.2) is 47.9 Å². The van der Waals surface area contributed by atoms with Crippen LogP contribution in [0.5, 0.6) is 0 Å². The molecule has 0 aromatic carbocycles. The smallest absolute Gasteiger partial charge is 0.413 e. The molecule has 16 heavy (non-hydrogen) atoms. The van der Waals surface area contributed by atoms with Crippen LogP contribution < -0.4 is 5.32 Å². The molecule has 2 atom stereocenters. The lowest BCUT2D eigenvalue weighted by atomic mass is 10.2. The summed E-state index contributed by atoms with van der Waals surface area (Å²) in [6.07, 6.45) is -0.882. The molecule has 90 valence electrons. The zero-order valence-corrected chi connectivity index (χ0v) is 9.65. The number of carbonyl (C=O) groups excluding carboxylic acids is 2. The lowest BCUT2D eigenvalue weighted by Crippen LogP contribution is -2.58. The van der Waals surface area contributed by atoms with E-state index in [0.717, 1.165) is 0 Å². The Balaban J connectivity index is 2.09. The van der Waals surface area contributed by atoms with E-state index in [1.807, 2.05) is 0 Å². The molecule has 2 bridgehead atoms. The van der Waals surface area contributed by atoms with Crippen LogP contribution in [0.2, 0.25) is 0 Å². The highest BCUT2D eigenvalue weighted by Gasteiger charge is 2.47. The average molecular weight is 228 g/mol. The molecule has 0 aliphatic carbocycles. The van der Waals surface area contributed by atoms with Gasteiger partial charge in [-0.05, 0) is 20.8 Å². The maximum Gasteiger partial charge on any atom is 0.413 e. The van der Waals surface area contributed by atoms with Crippen molar-refractivity contribution in [3.63, 3.8) is 0 Å². The molecule has 2 aliphatic heterocycles. The van der Waals surface area contributed by atoms with Crippen molar-refractivity contribution in [3.8, 4) is 0 Å². The third kappa shape index (κ3) is 1.97. The Morgan fingerprint density at radius 3 is 2.88 bits per heavy atom. The van der Waals surface area contributed by atoms with E-state index in [1.165, 1.54) is 4.90 Å². The predicted octanol–water partition coefficient (Wildman–Crippen LogP) is 0.0782. The second-order valence-corrected chi connectivity index (χ2v) is 4.94. The van der Waals surface area contributed by atoms with Gasteiger partial charge in [0.25, 0.3) is 0 Å². The topological polar surface area (TPSA) is 67.9 Å². The second-order valence-electron chi connectivity index (χ2n) is 4.94. The zero-order chi connectivity index (χ0) is 11.9. The van der Waals surface area contributed by atoms with Crippen LogP contribution in [0, 0.1) is 0 Å². The second kappa shape index (κ2) is 3.62. The monoisotopic (exact) mass is 228 g/mol. The summed E-state index contributed by atoms with van der Waals surface area (Å²) in [6, 6.07) is -0.548. The molecule has 0 aromatic rings. The maximum atomic E-state index is 11.9. The van der Waals surface area contributed by atoms with Gasteiger partial charge < -0.3 is 14.8 Å². The molecule has 0 spiro atoms. The summed E-state index contributed by atoms with van der Waals surface area (Å²) >= 11 is 0. The maximum absolute atomic E-state index is 11.9. The molecule has 6 heteroatoms. The molecule has 2 rings (SSSR count). The van der Waals surface area contributed by atoms with E-state index in [2.05, 4.69) is 5.32 Å². The number of fused-ring (bicyclic) bond motifs is 2. The summed E-state index contributed by atoms with van der Waals surface area (Å²) in [5.41, 5.74) is -0.565. The third-order valence-corrected chi connectivity index (χ3v) is 2.45. The lowest BCUT2D eigenvalue weighted by Gasteiger charge is -2.33. The van der Waals surface area contributed by atoms with Gasteiger partial charge in [-0.1, -0.05) is 0 Å². The zero-order valence-electron chi connectivity index (χ0n) is 9.65. The van der Waals surface area contributed by atoms with E-state index in [4.69, 9.17) is 9.47 Å². The van der Waals surface area contributed by atoms with Crippen LogP contribution in [0.1, 0.15) is 20.8 Å². The van der Waals surface area contributed by atoms with Gasteiger partial charge in [-0.3, -0.25) is 9.69 Å². The van der Waals surface area contributed by atoms with Crippen LogP contribution in [0.3, 0.4) is 0 Å². The van der Waals surface area contributed by atoms with Crippen molar-refractivity contribution in [1.82, 2.24) is 10.2 Å². The number of nitrogens with one attached hydrogen (secondary N) is 1. The largest absolute Gasteiger partial charge is 0.444 e. The standard InChI is InChI=1S/C10H16N2O4/c1-10(2,3)16-9(14)12-6-5-15-7(12)4-11-8(6)13/h6-7H,4-5H2,1-3H3,(H,11,13)/t6-,7+/m1/s1. The van der Waals surface area contributed by atoms with Crippen molar-refractivity contribution in [2.24, 2.45) is 0 Å². The summed E-state index contributed by atoms with van der Waals surface area (Å²) in [5, 5.41) is 2.68. The van der Waals surface area contributed by atoms with Gasteiger partial charge in [0.2, 0.25) is 5.91 Å². The van der Waals surface area contributed by atoms with Gasteiger partial charge in [0.15, 0.2) is 6.23 Å². The lowest BCUT2D eigenvalue weighted by molar-refractivity contribution is -0.128. The van der Waals surface area contributed by atoms with Crippen molar-refractivity contribution in [2.75, 3.05) is 13.2 Å². The Labute approximate surface area is 93.9 Å². The fourth-order valence-corrected chi connectivity index (χ4v) is 1.79. The van der Waals surface area contributed by atoms with Gasteiger partial charge in [0.05, 0.1) is 13.2 Å². The normalized spacial score (nSPS) is 28.9. The molecule has 0 radical (unpaired) electrons. The van der Waals surface area contributed by atoms with Crippen LogP contribution >= 0.6 is 0 Å². The Hall–Kier alpha value is -1.30. The first-order valence-electron chi connectivity index (χ1n) is 5.29. The number of carbonyl (C=O) groups is 2. The molecule has 1 N–H and O–H groups in total. The highest BCUT2D eigenvalue weighted by atomic mass is 16.6. The van der Waals surface area contributed by atoms with Gasteiger partial charge in [0.1, 0.15) is 11.6 Å². The molecule has 2 amide bonds. The minimum atomic E-state index is -0.565. The van der Waals surface area contributed by atoms with E-state index in [0.29, 0.717) is 6.54 Å². The van der Waals surface area contributed by atoms with Gasteiger partial charge in [-0.15, -0.1) is 0 Å². The molecule has 2 fully saturated rings. The molecule has 6 nitrogen and oxygen atoms in total. The number of rotatable bonds is 0. The summed E-state index contributed by atoms with van der Waals surface area (Å²) in [6.45, 7) is 5.94. The van der Waals surface area contributed by atoms with Gasteiger partial charge in [-0.2, -0.15) is 0 Å². The Morgan fingerprint density at radius 1 is 1.56 bits per heavy atom. The van der Waals surface area contributed by atoms with Gasteiger partial charge in [-0.25, -0.2) is 4.79 Å². The summed E-state index contributed by atoms with van der Waals surface area (Å²) in [4.78, 5) is 24.7. The number of hydrogen-bond donors (Lipinski definition) is 1. The van der Waals surface area contributed by atoms with E-state index in [-0.39, 0.29) is 12.5 Å². The average Bonchev–Trinajstić information content (AvgIpc) is 2.46. The number of hydrogen-bond acceptors (Lipinski definition) is 4. The Kier molecular flexibility index (Phi) is 2.53. The Bertz CT molecular complexity index is 323. The molecule has 0 aromatic heterocycles. The van der Waals surface area contributed by atoms with E-state index in [9.17, 15) is 9.59 Å². The first-order chi connectivity index (χ1) is 7.38. The predicted molar refractivity (Wildman–Crippen MR) is 54.6 cm³/mol. The molecular weight excluding hydrogens is 212 g/mol. The summed E-state index contributed by atoms with van der Waals surface area (Å²) < 4.78 is 10.6. The van der Waals surface area contributed by atoms with E-state index in [1.54, 1.807) is 20.8 Å². The third-order valence-electron chi connectivity index (χ3n) is 2.45. The molecule has 2 saturated heterocycles. The van der Waals surface area contributed by atoms with Crippen LogP contribution in [0.15, 0.2) is 0 Å². The van der Waals surface area contributed by atoms with E-state index >= 15 is 0 Å². The minimum Gasteiger partial charge on any atom is -0.444 e. The van der Waals surface area contributed by atoms with Crippen molar-refractivity contribution < 1.29 is 19.1 Å². The molecule has 2 aliphatic rings. The van der Waals surface area contributed by atoms with Crippen molar-refractivity contribution in [1.29, 1.82) is 0 Å². The number of nitrogens with zero attached hydrogens (tertiary/aromatic N) is 1. The highest BCUT2D eigenvalue weighted by molar-refractivity contribution is 5.87. The van der Waals surface area contributed by atoms with E-state index < -0.39 is 24.0 Å². The van der Waals surface area contributed by atoms with Gasteiger partial charge >= 0.3 is 6.09 Å². The minimum absolute atomic E-state index is 0.181. The quantitative estimate of drug-likeness (QED) is 0.637. The summed E-state index contributed by atoms with van der Waals surface area (Å²) in [5.74, 6) is -0.181. The van der Waals surface area contributed by atoms with Gasteiger partial charge in [0, 0.05) is 0 Å². The van der Waals surface area contributed by atoms with Crippen molar-refractivity contribution in [3.05, 3.63) is 0 Å². The fourth-order valence-electron chi connectivity index (χ4n) is 1.79. The summed E-state index contributed by atoms with van der Waals surface area (Å²) in [7, 11) is 0. The molecular formula is C10H16N2O4. The SMILES string of the molecule is CC(C)(C)OC(=O)N1[C@@H]2CNC(=O)[C@H]1CO2. The Morgan fingerprint density at radius 2 is 2.25 bits per heavy atom. The highest BCUT2D eigenvalue weighted by Crippen LogP contribution is 2.23. The molecule has 2 heterocycles. The van der Waals surface area contributed by atoms with Crippen molar-refractivity contribution in [2.45, 2.75) is 38.6 Å². The number of ether oxygens (including phenoxy) is 2. The van der Waals surface area contributed by atoms with Crippen LogP contribution in [0.4, 0.5) is 4.79 Å². The number of piperazine rings is 1. The number of amides is 2. The van der Waals surface area contributed by atoms with Crippen LogP contribution in [-0.2, 0) is 14.3 Å². The fraction of sp³-hybridized carbons (Fsp3) is 0.800.